The van der Waals surface area contributed by atoms with Crippen molar-refractivity contribution in [3.05, 3.63) is 23.8 Å². The van der Waals surface area contributed by atoms with Crippen molar-refractivity contribution >= 4 is 11.6 Å². The Hall–Kier alpha value is -1.91. The summed E-state index contributed by atoms with van der Waals surface area (Å²) in [5.41, 5.74) is -0.993. The fourth-order valence-corrected chi connectivity index (χ4v) is 1.72. The quantitative estimate of drug-likeness (QED) is 0.615. The third-order valence-electron chi connectivity index (χ3n) is 2.87. The molecule has 5 heteroatoms. The number of hydrogen-bond acceptors (Lipinski definition) is 4. The van der Waals surface area contributed by atoms with E-state index < -0.39 is 23.2 Å². The average Bonchev–Trinajstić information content (AvgIpc) is 2.42. The number of alkyl halides is 1. The maximum Gasteiger partial charge on any atom is 0.221 e. The number of Topliss-reactive ketones (excluding diaryl/α,β-unsaturated/α-hetero) is 2. The SMILES string of the molecule is COc1cccc(OC)c1C(=O)C(F)C(=O)C(C)(C)C. The normalized spacial score (nSPS) is 12.7. The molecule has 0 heterocycles. The van der Waals surface area contributed by atoms with Crippen LogP contribution in [0.3, 0.4) is 0 Å². The highest BCUT2D eigenvalue weighted by Crippen LogP contribution is 2.31. The molecule has 1 unspecified atom stereocenters. The molecule has 110 valence electrons. The summed E-state index contributed by atoms with van der Waals surface area (Å²) in [6.07, 6.45) is -2.24. The van der Waals surface area contributed by atoms with Gasteiger partial charge in [-0.3, -0.25) is 9.59 Å². The second-order valence-electron chi connectivity index (χ2n) is 5.38. The highest BCUT2D eigenvalue weighted by atomic mass is 19.1. The van der Waals surface area contributed by atoms with Crippen LogP contribution in [0, 0.1) is 5.41 Å². The lowest BCUT2D eigenvalue weighted by atomic mass is 9.85. The van der Waals surface area contributed by atoms with Crippen molar-refractivity contribution in [1.29, 1.82) is 0 Å². The van der Waals surface area contributed by atoms with E-state index in [4.69, 9.17) is 9.47 Å². The van der Waals surface area contributed by atoms with Crippen LogP contribution in [0.1, 0.15) is 31.1 Å². The van der Waals surface area contributed by atoms with E-state index in [2.05, 4.69) is 0 Å². The standard InChI is InChI=1S/C15H19FO4/c1-15(2,3)14(18)12(16)13(17)11-9(19-4)7-6-8-10(11)20-5/h6-8,12H,1-5H3. The van der Waals surface area contributed by atoms with Gasteiger partial charge < -0.3 is 9.47 Å². The van der Waals surface area contributed by atoms with Crippen LogP contribution in [0.15, 0.2) is 18.2 Å². The minimum Gasteiger partial charge on any atom is -0.496 e. The van der Waals surface area contributed by atoms with Gasteiger partial charge in [0.15, 0.2) is 5.78 Å². The van der Waals surface area contributed by atoms with E-state index in [1.807, 2.05) is 0 Å². The predicted molar refractivity (Wildman–Crippen MR) is 73.2 cm³/mol. The Labute approximate surface area is 117 Å². The first-order chi connectivity index (χ1) is 9.23. The number of ketones is 2. The van der Waals surface area contributed by atoms with Gasteiger partial charge in [-0.15, -0.1) is 0 Å². The summed E-state index contributed by atoms with van der Waals surface area (Å²) in [7, 11) is 2.73. The van der Waals surface area contributed by atoms with E-state index in [0.29, 0.717) is 0 Å². The number of methoxy groups -OCH3 is 2. The van der Waals surface area contributed by atoms with Gasteiger partial charge in [0.25, 0.3) is 0 Å². The highest BCUT2D eigenvalue weighted by molar-refractivity contribution is 6.16. The molecular formula is C15H19FO4. The topological polar surface area (TPSA) is 52.6 Å². The molecule has 4 nitrogen and oxygen atoms in total. The lowest BCUT2D eigenvalue weighted by molar-refractivity contribution is -0.129. The van der Waals surface area contributed by atoms with Crippen LogP contribution in [0.5, 0.6) is 11.5 Å². The molecule has 0 fully saturated rings. The molecule has 0 aliphatic rings. The van der Waals surface area contributed by atoms with Crippen molar-refractivity contribution in [1.82, 2.24) is 0 Å². The molecule has 0 aromatic heterocycles. The van der Waals surface area contributed by atoms with Crippen molar-refractivity contribution < 1.29 is 23.5 Å². The fourth-order valence-electron chi connectivity index (χ4n) is 1.72. The number of hydrogen-bond donors (Lipinski definition) is 0. The number of benzene rings is 1. The third kappa shape index (κ3) is 3.15. The molecule has 0 aliphatic heterocycles. The maximum atomic E-state index is 14.2. The number of carbonyl (C=O) groups excluding carboxylic acids is 2. The fraction of sp³-hybridized carbons (Fsp3) is 0.467. The number of ether oxygens (including phenoxy) is 2. The van der Waals surface area contributed by atoms with Crippen LogP contribution in [0.4, 0.5) is 4.39 Å². The molecule has 0 saturated heterocycles. The van der Waals surface area contributed by atoms with Crippen molar-refractivity contribution in [2.75, 3.05) is 14.2 Å². The van der Waals surface area contributed by atoms with Crippen molar-refractivity contribution in [3.8, 4) is 11.5 Å². The Morgan fingerprint density at radius 1 is 1.10 bits per heavy atom. The third-order valence-corrected chi connectivity index (χ3v) is 2.87. The first-order valence-corrected chi connectivity index (χ1v) is 6.17. The van der Waals surface area contributed by atoms with Crippen LogP contribution in [-0.2, 0) is 4.79 Å². The molecule has 1 rings (SSSR count). The Bertz CT molecular complexity index is 495. The molecule has 0 N–H and O–H groups in total. The molecular weight excluding hydrogens is 263 g/mol. The molecule has 1 aromatic carbocycles. The zero-order valence-electron chi connectivity index (χ0n) is 12.3. The number of carbonyl (C=O) groups is 2. The van der Waals surface area contributed by atoms with Gasteiger partial charge in [0, 0.05) is 5.41 Å². The zero-order chi connectivity index (χ0) is 15.5. The van der Waals surface area contributed by atoms with E-state index in [1.54, 1.807) is 26.8 Å². The predicted octanol–water partition coefficient (Wildman–Crippen LogP) is 2.84. The lowest BCUT2D eigenvalue weighted by Gasteiger charge is -2.20. The van der Waals surface area contributed by atoms with Gasteiger partial charge in [-0.25, -0.2) is 4.39 Å². The van der Waals surface area contributed by atoms with Crippen molar-refractivity contribution in [3.63, 3.8) is 0 Å². The van der Waals surface area contributed by atoms with Crippen LogP contribution < -0.4 is 9.47 Å². The number of rotatable bonds is 5. The van der Waals surface area contributed by atoms with Crippen molar-refractivity contribution in [2.24, 2.45) is 5.41 Å². The van der Waals surface area contributed by atoms with E-state index in [1.165, 1.54) is 26.4 Å². The van der Waals surface area contributed by atoms with E-state index in [9.17, 15) is 14.0 Å². The molecule has 0 amide bonds. The molecule has 0 radical (unpaired) electrons. The summed E-state index contributed by atoms with van der Waals surface area (Å²) in [5, 5.41) is 0. The summed E-state index contributed by atoms with van der Waals surface area (Å²) >= 11 is 0. The van der Waals surface area contributed by atoms with Crippen LogP contribution in [-0.4, -0.2) is 32.0 Å². The molecule has 0 spiro atoms. The molecule has 20 heavy (non-hydrogen) atoms. The Balaban J connectivity index is 3.24. The van der Waals surface area contributed by atoms with Crippen LogP contribution >= 0.6 is 0 Å². The first-order valence-electron chi connectivity index (χ1n) is 6.17. The summed E-state index contributed by atoms with van der Waals surface area (Å²) in [6.45, 7) is 4.69. The maximum absolute atomic E-state index is 14.2. The lowest BCUT2D eigenvalue weighted by Crippen LogP contribution is -2.35. The van der Waals surface area contributed by atoms with Gasteiger partial charge in [0.2, 0.25) is 12.0 Å². The average molecular weight is 282 g/mol. The van der Waals surface area contributed by atoms with Gasteiger partial charge in [-0.05, 0) is 12.1 Å². The molecule has 0 bridgehead atoms. The Morgan fingerprint density at radius 2 is 1.55 bits per heavy atom. The summed E-state index contributed by atoms with van der Waals surface area (Å²) < 4.78 is 24.3. The van der Waals surface area contributed by atoms with Gasteiger partial charge in [-0.2, -0.15) is 0 Å². The Kier molecular flexibility index (Phi) is 4.87. The summed E-state index contributed by atoms with van der Waals surface area (Å²) in [4.78, 5) is 24.1. The largest absolute Gasteiger partial charge is 0.496 e. The zero-order valence-corrected chi connectivity index (χ0v) is 12.3. The molecule has 0 saturated carbocycles. The first kappa shape index (κ1) is 16.1. The molecule has 1 atom stereocenters. The second kappa shape index (κ2) is 6.03. The highest BCUT2D eigenvalue weighted by Gasteiger charge is 2.37. The summed E-state index contributed by atoms with van der Waals surface area (Å²) in [5.74, 6) is -1.35. The summed E-state index contributed by atoms with van der Waals surface area (Å²) in [6, 6.07) is 4.65. The van der Waals surface area contributed by atoms with E-state index >= 15 is 0 Å². The minimum absolute atomic E-state index is 0.0531. The van der Waals surface area contributed by atoms with Gasteiger partial charge >= 0.3 is 0 Å². The van der Waals surface area contributed by atoms with Gasteiger partial charge in [-0.1, -0.05) is 26.8 Å². The minimum atomic E-state index is -2.24. The van der Waals surface area contributed by atoms with Crippen molar-refractivity contribution in [2.45, 2.75) is 26.9 Å². The molecule has 1 aromatic rings. The van der Waals surface area contributed by atoms with Crippen LogP contribution in [0.25, 0.3) is 0 Å². The monoisotopic (exact) mass is 282 g/mol. The smallest absolute Gasteiger partial charge is 0.221 e. The molecule has 0 aliphatic carbocycles. The van der Waals surface area contributed by atoms with E-state index in [-0.39, 0.29) is 17.1 Å². The second-order valence-corrected chi connectivity index (χ2v) is 5.38. The van der Waals surface area contributed by atoms with Gasteiger partial charge in [0.05, 0.1) is 14.2 Å². The van der Waals surface area contributed by atoms with Crippen LogP contribution in [0.2, 0.25) is 0 Å². The van der Waals surface area contributed by atoms with E-state index in [0.717, 1.165) is 0 Å². The number of halogens is 1. The van der Waals surface area contributed by atoms with Gasteiger partial charge in [0.1, 0.15) is 17.1 Å². The Morgan fingerprint density at radius 3 is 1.90 bits per heavy atom.